The van der Waals surface area contributed by atoms with Crippen LogP contribution >= 0.6 is 23.2 Å². The molecule has 30 heavy (non-hydrogen) atoms. The Hall–Kier alpha value is -2.61. The van der Waals surface area contributed by atoms with Gasteiger partial charge in [0.05, 0.1) is 39.5 Å². The SMILES string of the molecule is Clc1cccc(Cl)c1-c1nc2/c([nH]1)=C\C(c1nnc(N3CCOCC3)o1)=C/CC\C=2. The number of aromatic nitrogens is 4. The molecule has 0 amide bonds. The minimum Gasteiger partial charge on any atom is -0.403 e. The van der Waals surface area contributed by atoms with Crippen molar-refractivity contribution in [3.05, 3.63) is 50.9 Å². The van der Waals surface area contributed by atoms with Gasteiger partial charge in [-0.05, 0) is 31.1 Å². The largest absolute Gasteiger partial charge is 0.403 e. The van der Waals surface area contributed by atoms with Crippen LogP contribution in [0.2, 0.25) is 10.0 Å². The van der Waals surface area contributed by atoms with E-state index in [9.17, 15) is 0 Å². The van der Waals surface area contributed by atoms with Gasteiger partial charge in [0.2, 0.25) is 5.89 Å². The summed E-state index contributed by atoms with van der Waals surface area (Å²) >= 11 is 12.7. The second kappa shape index (κ2) is 8.26. The van der Waals surface area contributed by atoms with Gasteiger partial charge in [0.25, 0.3) is 0 Å². The number of anilines is 1. The fourth-order valence-electron chi connectivity index (χ4n) is 3.55. The predicted molar refractivity (Wildman–Crippen MR) is 117 cm³/mol. The lowest BCUT2D eigenvalue weighted by Crippen LogP contribution is -2.36. The number of hydrogen-bond acceptors (Lipinski definition) is 6. The molecule has 9 heteroatoms. The van der Waals surface area contributed by atoms with E-state index in [1.165, 1.54) is 0 Å². The number of benzene rings is 1. The molecule has 1 aliphatic carbocycles. The van der Waals surface area contributed by atoms with Gasteiger partial charge in [0.15, 0.2) is 0 Å². The highest BCUT2D eigenvalue weighted by atomic mass is 35.5. The third-order valence-electron chi connectivity index (χ3n) is 5.07. The van der Waals surface area contributed by atoms with Crippen LogP contribution in [0, 0.1) is 0 Å². The molecule has 0 atom stereocenters. The molecule has 0 bridgehead atoms. The van der Waals surface area contributed by atoms with Crippen LogP contribution in [-0.2, 0) is 4.74 Å². The van der Waals surface area contributed by atoms with Gasteiger partial charge >= 0.3 is 6.01 Å². The van der Waals surface area contributed by atoms with Crippen molar-refractivity contribution in [2.75, 3.05) is 31.2 Å². The van der Waals surface area contributed by atoms with Crippen LogP contribution in [0.1, 0.15) is 18.7 Å². The smallest absolute Gasteiger partial charge is 0.318 e. The number of morpholine rings is 1. The zero-order chi connectivity index (χ0) is 20.5. The van der Waals surface area contributed by atoms with Gasteiger partial charge in [-0.25, -0.2) is 4.98 Å². The van der Waals surface area contributed by atoms with E-state index in [-0.39, 0.29) is 0 Å². The average molecular weight is 444 g/mol. The van der Waals surface area contributed by atoms with Crippen molar-refractivity contribution < 1.29 is 9.15 Å². The molecule has 3 heterocycles. The van der Waals surface area contributed by atoms with Crippen molar-refractivity contribution in [1.29, 1.82) is 0 Å². The lowest BCUT2D eigenvalue weighted by molar-refractivity contribution is 0.120. The van der Waals surface area contributed by atoms with E-state index < -0.39 is 0 Å². The Morgan fingerprint density at radius 1 is 1.00 bits per heavy atom. The highest BCUT2D eigenvalue weighted by molar-refractivity contribution is 6.38. The Morgan fingerprint density at radius 3 is 2.57 bits per heavy atom. The molecule has 2 aromatic heterocycles. The maximum Gasteiger partial charge on any atom is 0.318 e. The topological polar surface area (TPSA) is 80.1 Å². The zero-order valence-electron chi connectivity index (χ0n) is 16.1. The first-order chi connectivity index (χ1) is 14.7. The van der Waals surface area contributed by atoms with Crippen molar-refractivity contribution in [3.8, 4) is 11.4 Å². The fourth-order valence-corrected chi connectivity index (χ4v) is 4.12. The molecule has 2 aliphatic rings. The van der Waals surface area contributed by atoms with Crippen LogP contribution in [0.3, 0.4) is 0 Å². The van der Waals surface area contributed by atoms with Crippen molar-refractivity contribution in [2.45, 2.75) is 12.8 Å². The van der Waals surface area contributed by atoms with Crippen LogP contribution in [0.4, 0.5) is 6.01 Å². The van der Waals surface area contributed by atoms with E-state index in [0.717, 1.165) is 42.2 Å². The number of allylic oxidation sites excluding steroid dienone is 2. The number of imidazole rings is 1. The normalized spacial score (nSPS) is 20.7. The Bertz CT molecular complexity index is 1200. The van der Waals surface area contributed by atoms with Crippen molar-refractivity contribution >= 4 is 46.9 Å². The zero-order valence-corrected chi connectivity index (χ0v) is 17.6. The molecule has 3 aromatic rings. The summed E-state index contributed by atoms with van der Waals surface area (Å²) in [6, 6.07) is 5.93. The molecule has 0 saturated carbocycles. The lowest BCUT2D eigenvalue weighted by atomic mass is 10.1. The maximum absolute atomic E-state index is 6.37. The number of fused-ring (bicyclic) bond motifs is 1. The van der Waals surface area contributed by atoms with Gasteiger partial charge in [0.1, 0.15) is 5.82 Å². The lowest BCUT2D eigenvalue weighted by Gasteiger charge is -2.24. The summed E-state index contributed by atoms with van der Waals surface area (Å²) in [5.41, 5.74) is 1.55. The maximum atomic E-state index is 6.37. The molecule has 1 N–H and O–H groups in total. The second-order valence-corrected chi connectivity index (χ2v) is 7.87. The first-order valence-corrected chi connectivity index (χ1v) is 10.5. The first kappa shape index (κ1) is 19.4. The number of hydrogen-bond donors (Lipinski definition) is 1. The van der Waals surface area contributed by atoms with E-state index in [4.69, 9.17) is 37.3 Å². The monoisotopic (exact) mass is 443 g/mol. The minimum atomic E-state index is 0.483. The molecule has 5 rings (SSSR count). The number of ether oxygens (including phenoxy) is 1. The van der Waals surface area contributed by atoms with Crippen molar-refractivity contribution in [2.24, 2.45) is 0 Å². The van der Waals surface area contributed by atoms with Gasteiger partial charge in [-0.1, -0.05) is 46.5 Å². The van der Waals surface area contributed by atoms with Gasteiger partial charge in [0, 0.05) is 18.7 Å². The number of nitrogens with one attached hydrogen (secondary N) is 1. The highest BCUT2D eigenvalue weighted by Crippen LogP contribution is 2.31. The summed E-state index contributed by atoms with van der Waals surface area (Å²) in [6.07, 6.45) is 7.85. The predicted octanol–water partition coefficient (Wildman–Crippen LogP) is 3.04. The number of aromatic amines is 1. The van der Waals surface area contributed by atoms with Crippen LogP contribution < -0.4 is 15.6 Å². The molecule has 1 saturated heterocycles. The summed E-state index contributed by atoms with van der Waals surface area (Å²) in [5.74, 6) is 1.11. The number of nitrogens with zero attached hydrogens (tertiary/aromatic N) is 4. The average Bonchev–Trinajstić information content (AvgIpc) is 3.36. The number of H-pyrrole nitrogens is 1. The highest BCUT2D eigenvalue weighted by Gasteiger charge is 2.19. The first-order valence-electron chi connectivity index (χ1n) is 9.78. The molecule has 0 unspecified atom stereocenters. The Kier molecular flexibility index (Phi) is 5.33. The molecule has 0 radical (unpaired) electrons. The van der Waals surface area contributed by atoms with Gasteiger partial charge < -0.3 is 19.0 Å². The summed E-state index contributed by atoms with van der Waals surface area (Å²) in [4.78, 5) is 10.1. The van der Waals surface area contributed by atoms with Gasteiger partial charge in [-0.3, -0.25) is 0 Å². The van der Waals surface area contributed by atoms with E-state index in [1.54, 1.807) is 12.1 Å². The number of rotatable bonds is 3. The van der Waals surface area contributed by atoms with Crippen LogP contribution in [0.15, 0.2) is 28.7 Å². The third kappa shape index (κ3) is 3.76. The molecule has 1 aliphatic heterocycles. The summed E-state index contributed by atoms with van der Waals surface area (Å²) in [5, 5.41) is 11.3. The molecule has 154 valence electrons. The van der Waals surface area contributed by atoms with E-state index in [1.807, 2.05) is 17.0 Å². The van der Waals surface area contributed by atoms with Crippen LogP contribution in [0.25, 0.3) is 29.1 Å². The Labute approximate surface area is 182 Å². The fraction of sp³-hybridized carbons (Fsp3) is 0.286. The van der Waals surface area contributed by atoms with Crippen LogP contribution in [0.5, 0.6) is 0 Å². The molecular weight excluding hydrogens is 425 g/mol. The van der Waals surface area contributed by atoms with Gasteiger partial charge in [-0.15, -0.1) is 5.10 Å². The molecule has 7 nitrogen and oxygen atoms in total. The van der Waals surface area contributed by atoms with Crippen molar-refractivity contribution in [1.82, 2.24) is 20.2 Å². The Balaban J connectivity index is 1.53. The quantitative estimate of drug-likeness (QED) is 0.669. The molecule has 1 fully saturated rings. The van der Waals surface area contributed by atoms with Crippen LogP contribution in [-0.4, -0.2) is 46.5 Å². The van der Waals surface area contributed by atoms with E-state index >= 15 is 0 Å². The number of halogens is 2. The van der Waals surface area contributed by atoms with Crippen molar-refractivity contribution in [3.63, 3.8) is 0 Å². The summed E-state index contributed by atoms with van der Waals surface area (Å²) in [6.45, 7) is 2.80. The van der Waals surface area contributed by atoms with E-state index in [0.29, 0.717) is 46.6 Å². The van der Waals surface area contributed by atoms with E-state index in [2.05, 4.69) is 27.3 Å². The third-order valence-corrected chi connectivity index (χ3v) is 5.70. The minimum absolute atomic E-state index is 0.483. The second-order valence-electron chi connectivity index (χ2n) is 7.06. The molecule has 1 aromatic carbocycles. The standard InChI is InChI=1S/C21H19Cl2N5O2/c22-14-5-3-6-15(23)18(14)19-24-16-7-2-1-4-13(12-17(16)25-19)20-26-27-21(30-20)28-8-10-29-11-9-28/h3-7,12H,1-2,8-11H2,(H,24,25)/b13-4+,16-7+,17-12+. The molecular formula is C21H19Cl2N5O2. The summed E-state index contributed by atoms with van der Waals surface area (Å²) in [7, 11) is 0. The summed E-state index contributed by atoms with van der Waals surface area (Å²) < 4.78 is 11.4. The van der Waals surface area contributed by atoms with Gasteiger partial charge in [-0.2, -0.15) is 0 Å². The molecule has 0 spiro atoms. The Morgan fingerprint density at radius 2 is 1.77 bits per heavy atom.